The van der Waals surface area contributed by atoms with Crippen molar-refractivity contribution >= 4 is 28.9 Å². The Morgan fingerprint density at radius 1 is 1.15 bits per heavy atom. The zero-order valence-corrected chi connectivity index (χ0v) is 16.8. The van der Waals surface area contributed by atoms with Gasteiger partial charge in [-0.1, -0.05) is 42.0 Å². The lowest BCUT2D eigenvalue weighted by Crippen LogP contribution is -2.28. The summed E-state index contributed by atoms with van der Waals surface area (Å²) in [4.78, 5) is 19.4. The van der Waals surface area contributed by atoms with Gasteiger partial charge >= 0.3 is 0 Å². The highest BCUT2D eigenvalue weighted by atomic mass is 32.2. The first-order valence-corrected chi connectivity index (χ1v) is 9.96. The van der Waals surface area contributed by atoms with E-state index in [-0.39, 0.29) is 5.91 Å². The summed E-state index contributed by atoms with van der Waals surface area (Å²) in [5.41, 5.74) is 3.31. The number of hydrogen-bond acceptors (Lipinski definition) is 4. The van der Waals surface area contributed by atoms with E-state index in [2.05, 4.69) is 36.2 Å². The molecule has 2 aromatic rings. The number of aryl methyl sites for hydroxylation is 1. The number of nitrogens with zero attached hydrogens (tertiary/aromatic N) is 2. The van der Waals surface area contributed by atoms with Gasteiger partial charge in [0.05, 0.1) is 4.91 Å². The summed E-state index contributed by atoms with van der Waals surface area (Å²) in [7, 11) is 0. The van der Waals surface area contributed by atoms with E-state index in [9.17, 15) is 4.79 Å². The molecule has 140 valence electrons. The molecule has 1 aliphatic heterocycles. The quantitative estimate of drug-likeness (QED) is 0.670. The normalized spacial score (nSPS) is 17.1. The van der Waals surface area contributed by atoms with Gasteiger partial charge in [0, 0.05) is 13.1 Å². The highest BCUT2D eigenvalue weighted by Gasteiger charge is 2.31. The molecule has 1 saturated heterocycles. The van der Waals surface area contributed by atoms with Crippen molar-refractivity contribution in [1.29, 1.82) is 0 Å². The number of benzene rings is 2. The van der Waals surface area contributed by atoms with Crippen LogP contribution >= 0.6 is 11.8 Å². The molecule has 0 N–H and O–H groups in total. The van der Waals surface area contributed by atoms with Crippen molar-refractivity contribution in [2.45, 2.75) is 27.4 Å². The second kappa shape index (κ2) is 8.91. The first kappa shape index (κ1) is 19.2. The highest BCUT2D eigenvalue weighted by molar-refractivity contribution is 8.18. The lowest BCUT2D eigenvalue weighted by Gasteiger charge is -2.11. The molecule has 0 aliphatic carbocycles. The number of carbonyl (C=O) groups is 1. The number of hydrogen-bond donors (Lipinski definition) is 0. The Hall–Kier alpha value is -2.53. The number of amides is 1. The van der Waals surface area contributed by atoms with Crippen molar-refractivity contribution in [3.05, 3.63) is 70.1 Å². The molecule has 1 aliphatic rings. The Bertz CT molecular complexity index is 872. The number of thioether (sulfide) groups is 1. The van der Waals surface area contributed by atoms with Gasteiger partial charge in [-0.15, -0.1) is 0 Å². The van der Waals surface area contributed by atoms with E-state index in [4.69, 9.17) is 4.74 Å². The molecule has 0 spiro atoms. The largest absolute Gasteiger partial charge is 0.489 e. The number of aliphatic imine (C=N–C) groups is 1. The van der Waals surface area contributed by atoms with E-state index >= 15 is 0 Å². The van der Waals surface area contributed by atoms with Gasteiger partial charge in [-0.3, -0.25) is 14.7 Å². The van der Waals surface area contributed by atoms with Crippen LogP contribution in [0.3, 0.4) is 0 Å². The Balaban J connectivity index is 1.73. The van der Waals surface area contributed by atoms with Crippen LogP contribution < -0.4 is 4.74 Å². The van der Waals surface area contributed by atoms with Crippen LogP contribution in [0.15, 0.2) is 58.4 Å². The van der Waals surface area contributed by atoms with Gasteiger partial charge in [0.15, 0.2) is 5.17 Å². The van der Waals surface area contributed by atoms with Crippen LogP contribution in [0.5, 0.6) is 5.75 Å². The maximum atomic E-state index is 12.6. The van der Waals surface area contributed by atoms with Crippen LogP contribution in [0.25, 0.3) is 6.08 Å². The van der Waals surface area contributed by atoms with Gasteiger partial charge in [0.25, 0.3) is 5.91 Å². The van der Waals surface area contributed by atoms with Crippen LogP contribution in [0, 0.1) is 6.92 Å². The SMILES string of the molecule is CCN=C1SC(=Cc2cccc(OCc3ccc(C)cc3)c2)C(=O)N1CC. The first-order valence-electron chi connectivity index (χ1n) is 9.15. The smallest absolute Gasteiger partial charge is 0.266 e. The van der Waals surface area contributed by atoms with Gasteiger partial charge in [-0.25, -0.2) is 0 Å². The predicted octanol–water partition coefficient (Wildman–Crippen LogP) is 4.89. The third-order valence-corrected chi connectivity index (χ3v) is 5.22. The number of carbonyl (C=O) groups excluding carboxylic acids is 1. The first-order chi connectivity index (χ1) is 13.1. The molecule has 0 bridgehead atoms. The average molecular weight is 381 g/mol. The molecule has 0 aromatic heterocycles. The molecule has 27 heavy (non-hydrogen) atoms. The monoisotopic (exact) mass is 380 g/mol. The van der Waals surface area contributed by atoms with Gasteiger partial charge in [0.1, 0.15) is 12.4 Å². The summed E-state index contributed by atoms with van der Waals surface area (Å²) in [5, 5.41) is 0.781. The Kier molecular flexibility index (Phi) is 6.35. The summed E-state index contributed by atoms with van der Waals surface area (Å²) >= 11 is 1.43. The van der Waals surface area contributed by atoms with Crippen molar-refractivity contribution in [3.8, 4) is 5.75 Å². The van der Waals surface area contributed by atoms with Crippen LogP contribution in [-0.4, -0.2) is 29.1 Å². The fourth-order valence-electron chi connectivity index (χ4n) is 2.74. The van der Waals surface area contributed by atoms with E-state index in [1.54, 1.807) is 4.90 Å². The van der Waals surface area contributed by atoms with Crippen molar-refractivity contribution in [1.82, 2.24) is 4.90 Å². The number of ether oxygens (including phenoxy) is 1. The molecule has 0 atom stereocenters. The molecule has 1 heterocycles. The molecule has 3 rings (SSSR count). The molecule has 2 aromatic carbocycles. The Morgan fingerprint density at radius 2 is 1.93 bits per heavy atom. The van der Waals surface area contributed by atoms with E-state index < -0.39 is 0 Å². The van der Waals surface area contributed by atoms with Crippen molar-refractivity contribution in [2.24, 2.45) is 4.99 Å². The van der Waals surface area contributed by atoms with Crippen molar-refractivity contribution < 1.29 is 9.53 Å². The van der Waals surface area contributed by atoms with E-state index in [1.807, 2.05) is 44.2 Å². The van der Waals surface area contributed by atoms with Crippen molar-refractivity contribution in [2.75, 3.05) is 13.1 Å². The molecule has 4 nitrogen and oxygen atoms in total. The average Bonchev–Trinajstić information content (AvgIpc) is 2.96. The van der Waals surface area contributed by atoms with E-state index in [1.165, 1.54) is 17.3 Å². The van der Waals surface area contributed by atoms with Gasteiger partial charge in [-0.05, 0) is 61.9 Å². The molecule has 0 radical (unpaired) electrons. The maximum absolute atomic E-state index is 12.6. The minimum Gasteiger partial charge on any atom is -0.489 e. The second-order valence-electron chi connectivity index (χ2n) is 6.26. The summed E-state index contributed by atoms with van der Waals surface area (Å²) < 4.78 is 5.91. The summed E-state index contributed by atoms with van der Waals surface area (Å²) in [6.07, 6.45) is 1.91. The van der Waals surface area contributed by atoms with Crippen LogP contribution in [0.2, 0.25) is 0 Å². The van der Waals surface area contributed by atoms with Crippen molar-refractivity contribution in [3.63, 3.8) is 0 Å². The molecular formula is C22H24N2O2S. The summed E-state index contributed by atoms with van der Waals surface area (Å²) in [6, 6.07) is 16.1. The lowest BCUT2D eigenvalue weighted by molar-refractivity contribution is -0.122. The highest BCUT2D eigenvalue weighted by Crippen LogP contribution is 2.32. The molecule has 5 heteroatoms. The number of amidine groups is 1. The van der Waals surface area contributed by atoms with Crippen LogP contribution in [0.4, 0.5) is 0 Å². The fraction of sp³-hybridized carbons (Fsp3) is 0.273. The topological polar surface area (TPSA) is 41.9 Å². The third-order valence-electron chi connectivity index (χ3n) is 4.18. The molecule has 0 saturated carbocycles. The second-order valence-corrected chi connectivity index (χ2v) is 7.27. The number of rotatable bonds is 6. The number of likely N-dealkylation sites (N-methyl/N-ethyl adjacent to an activating group) is 1. The van der Waals surface area contributed by atoms with Crippen LogP contribution in [-0.2, 0) is 11.4 Å². The van der Waals surface area contributed by atoms with Crippen LogP contribution in [0.1, 0.15) is 30.5 Å². The van der Waals surface area contributed by atoms with E-state index in [0.29, 0.717) is 24.6 Å². The predicted molar refractivity (Wildman–Crippen MR) is 113 cm³/mol. The van der Waals surface area contributed by atoms with E-state index in [0.717, 1.165) is 22.0 Å². The third kappa shape index (κ3) is 4.80. The summed E-state index contributed by atoms with van der Waals surface area (Å²) in [6.45, 7) is 7.82. The Labute approximate surface area is 164 Å². The minimum absolute atomic E-state index is 0.0145. The summed E-state index contributed by atoms with van der Waals surface area (Å²) in [5.74, 6) is 0.802. The zero-order chi connectivity index (χ0) is 19.2. The standard InChI is InChI=1S/C22H24N2O2S/c1-4-23-22-24(5-2)21(25)20(27-22)14-18-7-6-8-19(13-18)26-15-17-11-9-16(3)10-12-17/h6-14H,4-5,15H2,1-3H3. The van der Waals surface area contributed by atoms with Gasteiger partial charge in [-0.2, -0.15) is 0 Å². The molecular weight excluding hydrogens is 356 g/mol. The maximum Gasteiger partial charge on any atom is 0.266 e. The lowest BCUT2D eigenvalue weighted by atomic mass is 10.1. The Morgan fingerprint density at radius 3 is 2.63 bits per heavy atom. The fourth-order valence-corrected chi connectivity index (χ4v) is 3.84. The zero-order valence-electron chi connectivity index (χ0n) is 15.9. The minimum atomic E-state index is 0.0145. The molecule has 1 fully saturated rings. The van der Waals surface area contributed by atoms with Gasteiger partial charge < -0.3 is 4.74 Å². The van der Waals surface area contributed by atoms with Gasteiger partial charge in [0.2, 0.25) is 0 Å². The molecule has 0 unspecified atom stereocenters. The molecule has 1 amide bonds.